The summed E-state index contributed by atoms with van der Waals surface area (Å²) < 4.78 is 6.53. The molecular weight excluding hydrogens is 332 g/mol. The first-order valence-electron chi connectivity index (χ1n) is 6.27. The van der Waals surface area contributed by atoms with Crippen molar-refractivity contribution in [1.29, 1.82) is 0 Å². The van der Waals surface area contributed by atoms with E-state index in [-0.39, 0.29) is 11.1 Å². The van der Waals surface area contributed by atoms with Gasteiger partial charge in [-0.2, -0.15) is 0 Å². The Hall–Kier alpha value is -2.40. The summed E-state index contributed by atoms with van der Waals surface area (Å²) in [4.78, 5) is 16.0. The minimum Gasteiger partial charge on any atom is -0.438 e. The van der Waals surface area contributed by atoms with Gasteiger partial charge in [0.05, 0.1) is 5.69 Å². The van der Waals surface area contributed by atoms with E-state index in [1.165, 1.54) is 0 Å². The average molecular weight is 343 g/mol. The second kappa shape index (κ2) is 5.54. The molecule has 104 valence electrons. The number of carbonyl (C=O) groups excluding carboxylic acids is 1. The molecule has 1 amide bonds. The quantitative estimate of drug-likeness (QED) is 0.773. The lowest BCUT2D eigenvalue weighted by Gasteiger charge is -2.02. The maximum absolute atomic E-state index is 11.6. The van der Waals surface area contributed by atoms with Crippen LogP contribution in [0.4, 0.5) is 5.69 Å². The van der Waals surface area contributed by atoms with Gasteiger partial charge in [0, 0.05) is 9.86 Å². The standard InChI is InChI=1S/C16H11BrN2O2/c17-12-6-2-3-7-13(12)19-16-11(15(18)20)9-10-5-1-4-8-14(10)21-16/h1-9H,(H2,18,20). The fourth-order valence-corrected chi connectivity index (χ4v) is 2.35. The zero-order valence-electron chi connectivity index (χ0n) is 10.9. The number of benzene rings is 2. The normalized spacial score (nSPS) is 11.8. The lowest BCUT2D eigenvalue weighted by atomic mass is 10.2. The molecule has 0 aliphatic rings. The highest BCUT2D eigenvalue weighted by atomic mass is 79.9. The Morgan fingerprint density at radius 1 is 1.10 bits per heavy atom. The number of para-hydroxylation sites is 2. The van der Waals surface area contributed by atoms with E-state index in [1.54, 1.807) is 6.07 Å². The summed E-state index contributed by atoms with van der Waals surface area (Å²) in [7, 11) is 0. The van der Waals surface area contributed by atoms with E-state index in [0.717, 1.165) is 9.86 Å². The maximum atomic E-state index is 11.6. The summed E-state index contributed by atoms with van der Waals surface area (Å²) in [5.74, 6) is -0.574. The molecule has 0 aliphatic carbocycles. The summed E-state index contributed by atoms with van der Waals surface area (Å²) >= 11 is 3.41. The smallest absolute Gasteiger partial charge is 0.254 e. The lowest BCUT2D eigenvalue weighted by molar-refractivity contribution is 0.0996. The fourth-order valence-electron chi connectivity index (χ4n) is 1.98. The highest BCUT2D eigenvalue weighted by Gasteiger charge is 2.09. The van der Waals surface area contributed by atoms with Crippen molar-refractivity contribution >= 4 is 38.5 Å². The molecule has 4 nitrogen and oxygen atoms in total. The second-order valence-electron chi connectivity index (χ2n) is 4.43. The van der Waals surface area contributed by atoms with Crippen molar-refractivity contribution in [2.75, 3.05) is 0 Å². The van der Waals surface area contributed by atoms with Gasteiger partial charge < -0.3 is 10.2 Å². The average Bonchev–Trinajstić information content (AvgIpc) is 2.48. The van der Waals surface area contributed by atoms with Crippen LogP contribution in [0.3, 0.4) is 0 Å². The molecule has 0 saturated heterocycles. The molecule has 1 aromatic heterocycles. The van der Waals surface area contributed by atoms with E-state index in [4.69, 9.17) is 10.2 Å². The van der Waals surface area contributed by atoms with Crippen molar-refractivity contribution in [3.63, 3.8) is 0 Å². The van der Waals surface area contributed by atoms with Gasteiger partial charge in [0.2, 0.25) is 5.55 Å². The van der Waals surface area contributed by atoms with Crippen molar-refractivity contribution in [2.45, 2.75) is 0 Å². The number of primary amides is 1. The van der Waals surface area contributed by atoms with Crippen LogP contribution in [0.2, 0.25) is 0 Å². The van der Waals surface area contributed by atoms with Crippen LogP contribution in [0.25, 0.3) is 11.0 Å². The molecule has 5 heteroatoms. The van der Waals surface area contributed by atoms with Gasteiger partial charge in [-0.25, -0.2) is 4.99 Å². The molecule has 3 aromatic rings. The van der Waals surface area contributed by atoms with Crippen molar-refractivity contribution < 1.29 is 9.21 Å². The number of hydrogen-bond donors (Lipinski definition) is 1. The van der Waals surface area contributed by atoms with Crippen LogP contribution in [-0.2, 0) is 0 Å². The number of fused-ring (bicyclic) bond motifs is 1. The van der Waals surface area contributed by atoms with E-state index >= 15 is 0 Å². The first-order valence-corrected chi connectivity index (χ1v) is 7.06. The van der Waals surface area contributed by atoms with Gasteiger partial charge in [0.15, 0.2) is 0 Å². The first kappa shape index (κ1) is 13.6. The van der Waals surface area contributed by atoms with Gasteiger partial charge in [0.1, 0.15) is 11.1 Å². The molecule has 0 radical (unpaired) electrons. The summed E-state index contributed by atoms with van der Waals surface area (Å²) in [6, 6.07) is 16.5. The largest absolute Gasteiger partial charge is 0.438 e. The third-order valence-electron chi connectivity index (χ3n) is 3.00. The molecule has 0 atom stereocenters. The molecule has 2 aromatic carbocycles. The Kier molecular flexibility index (Phi) is 3.58. The SMILES string of the molecule is NC(=O)c1cc2ccccc2oc1=Nc1ccccc1Br. The van der Waals surface area contributed by atoms with Crippen molar-refractivity contribution in [3.8, 4) is 0 Å². The van der Waals surface area contributed by atoms with Crippen LogP contribution in [-0.4, -0.2) is 5.91 Å². The zero-order chi connectivity index (χ0) is 14.8. The first-order chi connectivity index (χ1) is 10.1. The van der Waals surface area contributed by atoms with Crippen molar-refractivity contribution in [2.24, 2.45) is 10.7 Å². The third-order valence-corrected chi connectivity index (χ3v) is 3.67. The van der Waals surface area contributed by atoms with Crippen LogP contribution >= 0.6 is 15.9 Å². The fraction of sp³-hybridized carbons (Fsp3) is 0. The van der Waals surface area contributed by atoms with Gasteiger partial charge in [-0.1, -0.05) is 30.3 Å². The summed E-state index contributed by atoms with van der Waals surface area (Å²) in [6.45, 7) is 0. The van der Waals surface area contributed by atoms with E-state index in [9.17, 15) is 4.79 Å². The number of nitrogens with zero attached hydrogens (tertiary/aromatic N) is 1. The molecule has 1 heterocycles. The predicted molar refractivity (Wildman–Crippen MR) is 84.1 cm³/mol. The molecule has 0 bridgehead atoms. The Labute approximate surface area is 129 Å². The Bertz CT molecular complexity index is 900. The number of hydrogen-bond acceptors (Lipinski definition) is 3. The summed E-state index contributed by atoms with van der Waals surface area (Å²) in [5, 5.41) is 0.803. The van der Waals surface area contributed by atoms with Crippen LogP contribution in [0.1, 0.15) is 10.4 Å². The van der Waals surface area contributed by atoms with E-state index in [0.29, 0.717) is 11.3 Å². The number of halogens is 1. The highest BCUT2D eigenvalue weighted by molar-refractivity contribution is 9.10. The van der Waals surface area contributed by atoms with E-state index in [1.807, 2.05) is 48.5 Å². The molecule has 0 saturated carbocycles. The monoisotopic (exact) mass is 342 g/mol. The summed E-state index contributed by atoms with van der Waals surface area (Å²) in [6.07, 6.45) is 0. The molecule has 0 aliphatic heterocycles. The van der Waals surface area contributed by atoms with Gasteiger partial charge >= 0.3 is 0 Å². The van der Waals surface area contributed by atoms with Crippen LogP contribution in [0.15, 0.2) is 68.5 Å². The van der Waals surface area contributed by atoms with Crippen LogP contribution in [0, 0.1) is 0 Å². The molecule has 0 spiro atoms. The Morgan fingerprint density at radius 2 is 1.81 bits per heavy atom. The van der Waals surface area contributed by atoms with Gasteiger partial charge in [-0.15, -0.1) is 0 Å². The van der Waals surface area contributed by atoms with Gasteiger partial charge in [0.25, 0.3) is 5.91 Å². The molecule has 21 heavy (non-hydrogen) atoms. The molecule has 2 N–H and O–H groups in total. The number of rotatable bonds is 2. The topological polar surface area (TPSA) is 68.6 Å². The maximum Gasteiger partial charge on any atom is 0.254 e. The minimum atomic E-state index is -0.574. The Balaban J connectivity index is 2.32. The summed E-state index contributed by atoms with van der Waals surface area (Å²) in [5.41, 5.74) is 7.20. The number of nitrogens with two attached hydrogens (primary N) is 1. The number of carbonyl (C=O) groups is 1. The zero-order valence-corrected chi connectivity index (χ0v) is 12.5. The predicted octanol–water partition coefficient (Wildman–Crippen LogP) is 3.53. The second-order valence-corrected chi connectivity index (χ2v) is 5.28. The van der Waals surface area contributed by atoms with Gasteiger partial charge in [-0.3, -0.25) is 4.79 Å². The van der Waals surface area contributed by atoms with Gasteiger partial charge in [-0.05, 0) is 40.2 Å². The van der Waals surface area contributed by atoms with Crippen molar-refractivity contribution in [1.82, 2.24) is 0 Å². The molecular formula is C16H11BrN2O2. The molecule has 3 rings (SSSR count). The lowest BCUT2D eigenvalue weighted by Crippen LogP contribution is -2.21. The van der Waals surface area contributed by atoms with Crippen LogP contribution < -0.4 is 11.3 Å². The Morgan fingerprint density at radius 3 is 2.57 bits per heavy atom. The van der Waals surface area contributed by atoms with Crippen LogP contribution in [0.5, 0.6) is 0 Å². The van der Waals surface area contributed by atoms with E-state index in [2.05, 4.69) is 20.9 Å². The molecule has 0 fully saturated rings. The number of amides is 1. The third kappa shape index (κ3) is 2.73. The van der Waals surface area contributed by atoms with E-state index < -0.39 is 5.91 Å². The highest BCUT2D eigenvalue weighted by Crippen LogP contribution is 2.24. The minimum absolute atomic E-state index is 0.202. The van der Waals surface area contributed by atoms with Crippen molar-refractivity contribution in [3.05, 3.63) is 70.2 Å². The molecule has 0 unspecified atom stereocenters.